The van der Waals surface area contributed by atoms with Gasteiger partial charge >= 0.3 is 13.8 Å². The fourth-order valence-corrected chi connectivity index (χ4v) is 3.28. The molecule has 0 aliphatic carbocycles. The molecule has 12 nitrogen and oxygen atoms in total. The molecule has 9 N–H and O–H groups in total. The molecule has 0 saturated heterocycles. The standard InChI is InChI=1S/C19H24N3O9P/c1-19(22-20,10-12-4-7-16(15(24)9-12)31-32(28,29)30)18(27)21-14(17(25)26)8-11-2-5-13(23)6-3-11/h2-7,9,14,22-24H,8,10,20H2,1H3,(H,21,27)(H,25,26)(H2,28,29,30)/t14-,19-/m0/s1. The first-order valence-corrected chi connectivity index (χ1v) is 10.7. The summed E-state index contributed by atoms with van der Waals surface area (Å²) in [4.78, 5) is 42.2. The second-order valence-corrected chi connectivity index (χ2v) is 8.44. The third-order valence-corrected chi connectivity index (χ3v) is 5.03. The molecule has 174 valence electrons. The molecule has 2 aromatic rings. The van der Waals surface area contributed by atoms with Gasteiger partial charge in [0.1, 0.15) is 17.3 Å². The van der Waals surface area contributed by atoms with Crippen LogP contribution in [0.15, 0.2) is 42.5 Å². The molecule has 0 aliphatic heterocycles. The molecule has 0 fully saturated rings. The second kappa shape index (κ2) is 9.98. The number of aliphatic carboxylic acids is 1. The Balaban J connectivity index is 2.16. The second-order valence-electron chi connectivity index (χ2n) is 7.27. The molecule has 0 radical (unpaired) electrons. The summed E-state index contributed by atoms with van der Waals surface area (Å²) in [6.07, 6.45) is -0.151. The molecule has 0 aliphatic rings. The number of aromatic hydroxyl groups is 2. The van der Waals surface area contributed by atoms with E-state index in [0.717, 1.165) is 12.1 Å². The average molecular weight is 469 g/mol. The molecule has 32 heavy (non-hydrogen) atoms. The van der Waals surface area contributed by atoms with E-state index < -0.39 is 42.8 Å². The Labute approximate surface area is 182 Å². The SMILES string of the molecule is C[C@@](Cc1ccc(OP(=O)(O)O)c(O)c1)(NN)C(=O)N[C@@H](Cc1ccc(O)cc1)C(=O)O. The lowest BCUT2D eigenvalue weighted by Crippen LogP contribution is -2.61. The van der Waals surface area contributed by atoms with Crippen LogP contribution in [0.25, 0.3) is 0 Å². The Hall–Kier alpha value is -3.15. The maximum atomic E-state index is 12.9. The summed E-state index contributed by atoms with van der Waals surface area (Å²) >= 11 is 0. The van der Waals surface area contributed by atoms with Crippen molar-refractivity contribution in [3.63, 3.8) is 0 Å². The van der Waals surface area contributed by atoms with Crippen LogP contribution in [0.5, 0.6) is 17.2 Å². The van der Waals surface area contributed by atoms with E-state index in [4.69, 9.17) is 15.6 Å². The fraction of sp³-hybridized carbons (Fsp3) is 0.263. The average Bonchev–Trinajstić information content (AvgIpc) is 2.70. The van der Waals surface area contributed by atoms with Gasteiger partial charge < -0.3 is 25.2 Å². The lowest BCUT2D eigenvalue weighted by molar-refractivity contribution is -0.142. The third-order valence-electron chi connectivity index (χ3n) is 4.60. The maximum Gasteiger partial charge on any atom is 0.524 e. The zero-order chi connectivity index (χ0) is 24.1. The van der Waals surface area contributed by atoms with Crippen LogP contribution in [-0.2, 0) is 27.0 Å². The quantitative estimate of drug-likeness (QED) is 0.133. The molecule has 0 aromatic heterocycles. The number of phosphoric ester groups is 1. The lowest BCUT2D eigenvalue weighted by atomic mass is 9.91. The topological polar surface area (TPSA) is 212 Å². The monoisotopic (exact) mass is 469 g/mol. The number of hydrazine groups is 1. The first-order chi connectivity index (χ1) is 14.8. The number of carbonyl (C=O) groups excluding carboxylic acids is 1. The molecule has 2 aromatic carbocycles. The van der Waals surface area contributed by atoms with Crippen LogP contribution in [0, 0.1) is 0 Å². The highest BCUT2D eigenvalue weighted by Gasteiger charge is 2.35. The number of nitrogens with two attached hydrogens (primary N) is 1. The van der Waals surface area contributed by atoms with Gasteiger partial charge in [0.2, 0.25) is 5.91 Å². The largest absolute Gasteiger partial charge is 0.524 e. The maximum absolute atomic E-state index is 12.9. The van der Waals surface area contributed by atoms with Crippen LogP contribution in [0.2, 0.25) is 0 Å². The van der Waals surface area contributed by atoms with Gasteiger partial charge in [0, 0.05) is 12.8 Å². The van der Waals surface area contributed by atoms with E-state index in [-0.39, 0.29) is 18.6 Å². The normalized spacial score (nSPS) is 14.2. The van der Waals surface area contributed by atoms with Crippen LogP contribution in [0.3, 0.4) is 0 Å². The summed E-state index contributed by atoms with van der Waals surface area (Å²) in [7, 11) is -4.88. The summed E-state index contributed by atoms with van der Waals surface area (Å²) < 4.78 is 15.3. The Bertz CT molecular complexity index is 1030. The molecule has 2 rings (SSSR count). The van der Waals surface area contributed by atoms with Crippen molar-refractivity contribution in [1.82, 2.24) is 10.7 Å². The number of phosphoric acid groups is 1. The minimum atomic E-state index is -4.88. The molecule has 0 bridgehead atoms. The smallest absolute Gasteiger partial charge is 0.508 e. The number of carboxylic acid groups (broad SMARTS) is 1. The van der Waals surface area contributed by atoms with Crippen LogP contribution >= 0.6 is 7.82 Å². The molecule has 0 spiro atoms. The Kier molecular flexibility index (Phi) is 7.83. The third kappa shape index (κ3) is 6.94. The van der Waals surface area contributed by atoms with Gasteiger partial charge in [-0.2, -0.15) is 0 Å². The molecule has 2 atom stereocenters. The summed E-state index contributed by atoms with van der Waals surface area (Å²) in [5.41, 5.74) is 1.76. The molecule has 0 saturated carbocycles. The van der Waals surface area contributed by atoms with E-state index in [1.807, 2.05) is 0 Å². The number of carbonyl (C=O) groups is 2. The number of benzene rings is 2. The first kappa shape index (κ1) is 25.1. The lowest BCUT2D eigenvalue weighted by Gasteiger charge is -2.29. The van der Waals surface area contributed by atoms with Gasteiger partial charge in [-0.25, -0.2) is 14.8 Å². The van der Waals surface area contributed by atoms with Crippen LogP contribution in [0.1, 0.15) is 18.1 Å². The van der Waals surface area contributed by atoms with Crippen molar-refractivity contribution in [1.29, 1.82) is 0 Å². The van der Waals surface area contributed by atoms with Gasteiger partial charge in [-0.3, -0.25) is 20.4 Å². The summed E-state index contributed by atoms with van der Waals surface area (Å²) in [6.45, 7) is 1.42. The number of phenols is 2. The van der Waals surface area contributed by atoms with E-state index in [0.29, 0.717) is 11.1 Å². The minimum Gasteiger partial charge on any atom is -0.508 e. The molecule has 1 amide bonds. The number of amides is 1. The summed E-state index contributed by atoms with van der Waals surface area (Å²) in [5, 5.41) is 31.2. The van der Waals surface area contributed by atoms with Crippen LogP contribution in [0.4, 0.5) is 0 Å². The van der Waals surface area contributed by atoms with E-state index in [9.17, 15) is 29.5 Å². The van der Waals surface area contributed by atoms with Gasteiger partial charge in [-0.15, -0.1) is 0 Å². The highest BCUT2D eigenvalue weighted by atomic mass is 31.2. The van der Waals surface area contributed by atoms with Crippen molar-refractivity contribution < 1.29 is 43.8 Å². The van der Waals surface area contributed by atoms with Crippen molar-refractivity contribution in [2.24, 2.45) is 5.84 Å². The molecule has 0 heterocycles. The number of phenolic OH excluding ortho intramolecular Hbond substituents is 2. The Morgan fingerprint density at radius 3 is 2.22 bits per heavy atom. The minimum absolute atomic E-state index is 0.0185. The van der Waals surface area contributed by atoms with Crippen LogP contribution < -0.4 is 21.1 Å². The highest BCUT2D eigenvalue weighted by molar-refractivity contribution is 7.46. The number of nitrogens with one attached hydrogen (secondary N) is 2. The predicted octanol–water partition coefficient (Wildman–Crippen LogP) is 0.146. The number of rotatable bonds is 10. The van der Waals surface area contributed by atoms with Crippen molar-refractivity contribution in [2.75, 3.05) is 0 Å². The number of hydrogen-bond acceptors (Lipinski definition) is 8. The first-order valence-electron chi connectivity index (χ1n) is 9.19. The fourth-order valence-electron chi connectivity index (χ4n) is 2.87. The van der Waals surface area contributed by atoms with E-state index in [2.05, 4.69) is 15.3 Å². The van der Waals surface area contributed by atoms with Gasteiger partial charge in [-0.1, -0.05) is 18.2 Å². The van der Waals surface area contributed by atoms with E-state index in [1.54, 1.807) is 0 Å². The van der Waals surface area contributed by atoms with Crippen molar-refractivity contribution in [3.8, 4) is 17.2 Å². The Morgan fingerprint density at radius 2 is 1.72 bits per heavy atom. The summed E-state index contributed by atoms with van der Waals surface area (Å²) in [6, 6.07) is 8.18. The van der Waals surface area contributed by atoms with Gasteiger partial charge in [0.15, 0.2) is 11.5 Å². The van der Waals surface area contributed by atoms with Crippen molar-refractivity contribution in [2.45, 2.75) is 31.3 Å². The zero-order valence-electron chi connectivity index (χ0n) is 16.9. The van der Waals surface area contributed by atoms with Crippen molar-refractivity contribution >= 4 is 19.7 Å². The Morgan fingerprint density at radius 1 is 1.12 bits per heavy atom. The number of carboxylic acids is 1. The van der Waals surface area contributed by atoms with E-state index >= 15 is 0 Å². The molecule has 0 unspecified atom stereocenters. The highest BCUT2D eigenvalue weighted by Crippen LogP contribution is 2.41. The van der Waals surface area contributed by atoms with Gasteiger partial charge in [-0.05, 0) is 42.3 Å². The molecule has 13 heteroatoms. The van der Waals surface area contributed by atoms with Crippen LogP contribution in [-0.4, -0.2) is 48.6 Å². The van der Waals surface area contributed by atoms with E-state index in [1.165, 1.54) is 37.3 Å². The molecular weight excluding hydrogens is 445 g/mol. The van der Waals surface area contributed by atoms with Gasteiger partial charge in [0.05, 0.1) is 0 Å². The van der Waals surface area contributed by atoms with Crippen molar-refractivity contribution in [3.05, 3.63) is 53.6 Å². The zero-order valence-corrected chi connectivity index (χ0v) is 17.8. The predicted molar refractivity (Wildman–Crippen MR) is 112 cm³/mol. The number of hydrogen-bond donors (Lipinski definition) is 8. The molecular formula is C19H24N3O9P. The van der Waals surface area contributed by atoms with Gasteiger partial charge in [0.25, 0.3) is 0 Å². The summed E-state index contributed by atoms with van der Waals surface area (Å²) in [5.74, 6) is 2.54.